The average Bonchev–Trinajstić information content (AvgIpc) is 3.08. The number of halogens is 3. The number of hydrogen-bond acceptors (Lipinski definition) is 7. The number of amides is 2. The van der Waals surface area contributed by atoms with Crippen molar-refractivity contribution in [1.29, 1.82) is 0 Å². The molecular weight excluding hydrogens is 649 g/mol. The number of morpholine rings is 1. The van der Waals surface area contributed by atoms with Gasteiger partial charge in [0.15, 0.2) is 0 Å². The number of aliphatic hydroxyl groups excluding tert-OH is 1. The number of anilines is 2. The van der Waals surface area contributed by atoms with Crippen molar-refractivity contribution in [1.82, 2.24) is 9.62 Å². The van der Waals surface area contributed by atoms with Gasteiger partial charge in [0.05, 0.1) is 29.8 Å². The molecule has 0 bridgehead atoms. The van der Waals surface area contributed by atoms with Gasteiger partial charge in [-0.05, 0) is 73.4 Å². The van der Waals surface area contributed by atoms with Crippen LogP contribution in [0.15, 0.2) is 77.7 Å². The van der Waals surface area contributed by atoms with E-state index in [4.69, 9.17) is 4.74 Å². The van der Waals surface area contributed by atoms with Crippen molar-refractivity contribution in [2.45, 2.75) is 61.9 Å². The van der Waals surface area contributed by atoms with Crippen LogP contribution < -0.4 is 15.5 Å². The number of aliphatic hydroxyl groups is 1. The normalized spacial score (nSPS) is 18.9. The largest absolute Gasteiger partial charge is 0.416 e. The van der Waals surface area contributed by atoms with Crippen molar-refractivity contribution < 1.29 is 41.0 Å². The molecule has 0 aliphatic carbocycles. The molecule has 48 heavy (non-hydrogen) atoms. The highest BCUT2D eigenvalue weighted by Gasteiger charge is 2.40. The van der Waals surface area contributed by atoms with E-state index in [0.717, 1.165) is 41.3 Å². The third kappa shape index (κ3) is 8.53. The van der Waals surface area contributed by atoms with Crippen LogP contribution in [0.25, 0.3) is 0 Å². The molecule has 2 amide bonds. The van der Waals surface area contributed by atoms with Crippen LogP contribution in [-0.2, 0) is 36.9 Å². The highest BCUT2D eigenvalue weighted by Crippen LogP contribution is 2.33. The molecule has 3 aromatic rings. The molecule has 2 aliphatic heterocycles. The minimum Gasteiger partial charge on any atom is -0.389 e. The Morgan fingerprint density at radius 2 is 1.67 bits per heavy atom. The van der Waals surface area contributed by atoms with Gasteiger partial charge in [-0.2, -0.15) is 17.5 Å². The number of ether oxygens (including phenoxy) is 1. The first kappa shape index (κ1) is 35.3. The number of piperidine rings is 1. The molecule has 2 aliphatic rings. The minimum absolute atomic E-state index is 0.0522. The van der Waals surface area contributed by atoms with Crippen LogP contribution in [0.5, 0.6) is 0 Å². The molecule has 0 saturated carbocycles. The number of benzene rings is 3. The maximum Gasteiger partial charge on any atom is 0.416 e. The number of nitrogens with zero attached hydrogens (tertiary/aromatic N) is 2. The van der Waals surface area contributed by atoms with Crippen molar-refractivity contribution >= 4 is 33.2 Å². The second kappa shape index (κ2) is 15.1. The molecule has 5 rings (SSSR count). The molecule has 14 heteroatoms. The Kier molecular flexibility index (Phi) is 11.1. The smallest absolute Gasteiger partial charge is 0.389 e. The van der Waals surface area contributed by atoms with E-state index < -0.39 is 56.7 Å². The molecule has 0 spiro atoms. The van der Waals surface area contributed by atoms with Crippen LogP contribution in [0.1, 0.15) is 49.0 Å². The van der Waals surface area contributed by atoms with Gasteiger partial charge in [-0.1, -0.05) is 36.8 Å². The van der Waals surface area contributed by atoms with Gasteiger partial charge >= 0.3 is 6.18 Å². The fourth-order valence-electron chi connectivity index (χ4n) is 5.87. The van der Waals surface area contributed by atoms with Crippen LogP contribution in [0.4, 0.5) is 24.5 Å². The Labute approximate surface area is 277 Å². The summed E-state index contributed by atoms with van der Waals surface area (Å²) in [5.41, 5.74) is 1.70. The van der Waals surface area contributed by atoms with Crippen LogP contribution in [0.3, 0.4) is 0 Å². The SMILES string of the molecule is C[C@H](O)c1ccc(CC(NC(=O)C2CCCCN2S(=O)(=O)c2cccc(C(F)(F)F)c2)C(=O)Nc2ccc(N3CCOCC3)cc2)cc1. The van der Waals surface area contributed by atoms with Gasteiger partial charge in [0.25, 0.3) is 0 Å². The van der Waals surface area contributed by atoms with Crippen LogP contribution >= 0.6 is 0 Å². The van der Waals surface area contributed by atoms with E-state index in [9.17, 15) is 36.3 Å². The third-order valence-electron chi connectivity index (χ3n) is 8.57. The van der Waals surface area contributed by atoms with Gasteiger partial charge in [0.2, 0.25) is 21.8 Å². The van der Waals surface area contributed by atoms with Crippen LogP contribution in [-0.4, -0.2) is 74.6 Å². The van der Waals surface area contributed by atoms with E-state index in [0.29, 0.717) is 48.9 Å². The second-order valence-electron chi connectivity index (χ2n) is 12.0. The van der Waals surface area contributed by atoms with Crippen LogP contribution in [0, 0.1) is 0 Å². The maximum absolute atomic E-state index is 13.8. The van der Waals surface area contributed by atoms with E-state index in [2.05, 4.69) is 15.5 Å². The van der Waals surface area contributed by atoms with Crippen molar-refractivity contribution in [3.8, 4) is 0 Å². The lowest BCUT2D eigenvalue weighted by atomic mass is 10.00. The van der Waals surface area contributed by atoms with E-state index >= 15 is 0 Å². The van der Waals surface area contributed by atoms with Gasteiger partial charge in [-0.25, -0.2) is 8.42 Å². The van der Waals surface area contributed by atoms with Crippen molar-refractivity contribution in [3.05, 3.63) is 89.5 Å². The summed E-state index contributed by atoms with van der Waals surface area (Å²) >= 11 is 0. The summed E-state index contributed by atoms with van der Waals surface area (Å²) in [6, 6.07) is 15.2. The quantitative estimate of drug-likeness (QED) is 0.286. The van der Waals surface area contributed by atoms with E-state index in [1.807, 2.05) is 12.1 Å². The molecule has 258 valence electrons. The van der Waals surface area contributed by atoms with Crippen molar-refractivity contribution in [2.24, 2.45) is 0 Å². The number of sulfonamides is 1. The lowest BCUT2D eigenvalue weighted by Crippen LogP contribution is -2.56. The molecule has 2 heterocycles. The van der Waals surface area contributed by atoms with Crippen molar-refractivity contribution in [2.75, 3.05) is 43.1 Å². The third-order valence-corrected chi connectivity index (χ3v) is 10.5. The van der Waals surface area contributed by atoms with Crippen molar-refractivity contribution in [3.63, 3.8) is 0 Å². The van der Waals surface area contributed by atoms with E-state index in [-0.39, 0.29) is 19.4 Å². The molecule has 2 unspecified atom stereocenters. The van der Waals surface area contributed by atoms with Crippen LogP contribution in [0.2, 0.25) is 0 Å². The Morgan fingerprint density at radius 3 is 2.31 bits per heavy atom. The van der Waals surface area contributed by atoms with Gasteiger partial charge in [0.1, 0.15) is 12.1 Å². The molecule has 10 nitrogen and oxygen atoms in total. The first-order valence-corrected chi connectivity index (χ1v) is 17.3. The first-order valence-electron chi connectivity index (χ1n) is 15.8. The summed E-state index contributed by atoms with van der Waals surface area (Å²) < 4.78 is 73.8. The molecule has 3 N–H and O–H groups in total. The molecule has 0 aromatic heterocycles. The molecule has 3 aromatic carbocycles. The number of carbonyl (C=O) groups excluding carboxylic acids is 2. The van der Waals surface area contributed by atoms with E-state index in [1.165, 1.54) is 0 Å². The summed E-state index contributed by atoms with van der Waals surface area (Å²) in [6.07, 6.45) is -4.33. The van der Waals surface area contributed by atoms with Gasteiger partial charge in [0, 0.05) is 37.4 Å². The summed E-state index contributed by atoms with van der Waals surface area (Å²) in [6.45, 7) is 4.29. The molecule has 3 atom stereocenters. The second-order valence-corrected chi connectivity index (χ2v) is 13.9. The number of nitrogens with one attached hydrogen (secondary N) is 2. The Hall–Kier alpha value is -3.98. The zero-order chi connectivity index (χ0) is 34.5. The maximum atomic E-state index is 13.8. The lowest BCUT2D eigenvalue weighted by Gasteiger charge is -2.34. The fraction of sp³-hybridized carbons (Fsp3) is 0.412. The average molecular weight is 689 g/mol. The number of rotatable bonds is 10. The van der Waals surface area contributed by atoms with E-state index in [1.54, 1.807) is 43.3 Å². The summed E-state index contributed by atoms with van der Waals surface area (Å²) in [4.78, 5) is 29.1. The molecule has 2 fully saturated rings. The zero-order valence-electron chi connectivity index (χ0n) is 26.4. The molecular formula is C34H39F3N4O6S. The lowest BCUT2D eigenvalue weighted by molar-refractivity contribution is -0.137. The summed E-state index contributed by atoms with van der Waals surface area (Å²) in [5, 5.41) is 15.5. The summed E-state index contributed by atoms with van der Waals surface area (Å²) in [5.74, 6) is -1.26. The molecule has 0 radical (unpaired) electrons. The zero-order valence-corrected chi connectivity index (χ0v) is 27.3. The highest BCUT2D eigenvalue weighted by molar-refractivity contribution is 7.89. The number of carbonyl (C=O) groups is 2. The highest BCUT2D eigenvalue weighted by atomic mass is 32.2. The predicted octanol–water partition coefficient (Wildman–Crippen LogP) is 4.50. The van der Waals surface area contributed by atoms with Gasteiger partial charge < -0.3 is 25.4 Å². The fourth-order valence-corrected chi connectivity index (χ4v) is 7.58. The number of alkyl halides is 3. The Morgan fingerprint density at radius 1 is 0.979 bits per heavy atom. The standard InChI is InChI=1S/C34H39F3N4O6S/c1-23(42)25-10-8-24(9-11-25)21-30(32(43)38-27-12-14-28(15-13-27)40-17-19-47-20-18-40)39-33(44)31-7-2-3-16-41(31)48(45,46)29-6-4-5-26(22-29)34(35,36)37/h4-6,8-15,22-23,30-31,42H,2-3,7,16-21H2,1H3,(H,38,43)(H,39,44)/t23-,30?,31?/m0/s1. The predicted molar refractivity (Wildman–Crippen MR) is 174 cm³/mol. The number of hydrogen-bond donors (Lipinski definition) is 3. The minimum atomic E-state index is -4.75. The first-order chi connectivity index (χ1) is 22.8. The van der Waals surface area contributed by atoms with Gasteiger partial charge in [-0.15, -0.1) is 0 Å². The Bertz CT molecular complexity index is 1680. The monoisotopic (exact) mass is 688 g/mol. The topological polar surface area (TPSA) is 128 Å². The molecule has 2 saturated heterocycles. The Balaban J connectivity index is 1.37. The summed E-state index contributed by atoms with van der Waals surface area (Å²) in [7, 11) is -4.49. The van der Waals surface area contributed by atoms with Gasteiger partial charge in [-0.3, -0.25) is 9.59 Å².